The van der Waals surface area contributed by atoms with E-state index in [1.807, 2.05) is 0 Å². The van der Waals surface area contributed by atoms with Crippen molar-refractivity contribution in [2.75, 3.05) is 5.75 Å². The van der Waals surface area contributed by atoms with Crippen molar-refractivity contribution in [1.29, 1.82) is 0 Å². The predicted octanol–water partition coefficient (Wildman–Crippen LogP) is 1.00. The Labute approximate surface area is 88.0 Å². The molecule has 0 aromatic heterocycles. The number of halogens is 3. The third-order valence-electron chi connectivity index (χ3n) is 1.45. The summed E-state index contributed by atoms with van der Waals surface area (Å²) in [5.74, 6) is -1.79. The van der Waals surface area contributed by atoms with E-state index in [4.69, 9.17) is 15.6 Å². The van der Waals surface area contributed by atoms with E-state index in [0.29, 0.717) is 0 Å². The highest BCUT2D eigenvalue weighted by atomic mass is 32.2. The van der Waals surface area contributed by atoms with Crippen molar-refractivity contribution in [2.24, 2.45) is 5.73 Å². The Kier molecular flexibility index (Phi) is 5.66. The minimum atomic E-state index is -5.08. The summed E-state index contributed by atoms with van der Waals surface area (Å²) in [5.41, 5.74) is 5.41. The van der Waals surface area contributed by atoms with E-state index in [1.165, 1.54) is 11.8 Å². The SMILES string of the molecule is NC1CCCSC1=O.O=C(O)C(F)(F)F. The molecule has 15 heavy (non-hydrogen) atoms. The minimum absolute atomic E-state index is 0.163. The van der Waals surface area contributed by atoms with E-state index in [-0.39, 0.29) is 11.2 Å². The van der Waals surface area contributed by atoms with Gasteiger partial charge in [-0.2, -0.15) is 13.2 Å². The molecule has 0 spiro atoms. The molecule has 1 saturated heterocycles. The third-order valence-corrected chi connectivity index (χ3v) is 2.53. The van der Waals surface area contributed by atoms with Crippen LogP contribution in [0.25, 0.3) is 0 Å². The van der Waals surface area contributed by atoms with Crippen molar-refractivity contribution >= 4 is 22.8 Å². The van der Waals surface area contributed by atoms with Crippen LogP contribution in [0, 0.1) is 0 Å². The number of carbonyl (C=O) groups excluding carboxylic acids is 1. The Morgan fingerprint density at radius 3 is 2.20 bits per heavy atom. The first-order chi connectivity index (χ1) is 6.75. The Morgan fingerprint density at radius 1 is 1.53 bits per heavy atom. The van der Waals surface area contributed by atoms with Gasteiger partial charge in [-0.3, -0.25) is 4.79 Å². The summed E-state index contributed by atoms with van der Waals surface area (Å²) in [6.45, 7) is 0. The largest absolute Gasteiger partial charge is 0.490 e. The maximum absolute atomic E-state index is 10.6. The molecule has 1 heterocycles. The standard InChI is InChI=1S/C5H9NOS.C2HF3O2/c6-4-2-1-3-8-5(4)7;3-2(4,5)1(6)7/h4H,1-3,6H2;(H,6,7). The van der Waals surface area contributed by atoms with E-state index < -0.39 is 12.1 Å². The summed E-state index contributed by atoms with van der Waals surface area (Å²) in [6, 6.07) is -0.172. The first-order valence-electron chi connectivity index (χ1n) is 3.97. The summed E-state index contributed by atoms with van der Waals surface area (Å²) >= 11 is 1.36. The van der Waals surface area contributed by atoms with Crippen molar-refractivity contribution in [3.05, 3.63) is 0 Å². The summed E-state index contributed by atoms with van der Waals surface area (Å²) in [6.07, 6.45) is -3.11. The van der Waals surface area contributed by atoms with Crippen molar-refractivity contribution < 1.29 is 27.9 Å². The van der Waals surface area contributed by atoms with Crippen LogP contribution in [0.1, 0.15) is 12.8 Å². The molecule has 0 aromatic rings. The molecule has 0 saturated carbocycles. The molecule has 1 aliphatic heterocycles. The topological polar surface area (TPSA) is 80.4 Å². The molecule has 8 heteroatoms. The van der Waals surface area contributed by atoms with E-state index in [0.717, 1.165) is 18.6 Å². The van der Waals surface area contributed by atoms with Crippen molar-refractivity contribution in [3.63, 3.8) is 0 Å². The van der Waals surface area contributed by atoms with Gasteiger partial charge in [0.1, 0.15) is 0 Å². The van der Waals surface area contributed by atoms with E-state index >= 15 is 0 Å². The number of rotatable bonds is 0. The Morgan fingerprint density at radius 2 is 2.00 bits per heavy atom. The average molecular weight is 245 g/mol. The zero-order chi connectivity index (χ0) is 12.1. The zero-order valence-corrected chi connectivity index (χ0v) is 8.40. The van der Waals surface area contributed by atoms with Crippen molar-refractivity contribution in [2.45, 2.75) is 25.1 Å². The molecule has 0 bridgehead atoms. The molecule has 0 radical (unpaired) electrons. The van der Waals surface area contributed by atoms with Crippen LogP contribution in [0.2, 0.25) is 0 Å². The summed E-state index contributed by atoms with van der Waals surface area (Å²) in [4.78, 5) is 19.5. The first-order valence-corrected chi connectivity index (χ1v) is 4.96. The van der Waals surface area contributed by atoms with Gasteiger partial charge < -0.3 is 10.8 Å². The van der Waals surface area contributed by atoms with Crippen LogP contribution in [0.4, 0.5) is 13.2 Å². The number of carboxylic acids is 1. The van der Waals surface area contributed by atoms with E-state index in [1.54, 1.807) is 0 Å². The summed E-state index contributed by atoms with van der Waals surface area (Å²) in [7, 11) is 0. The number of nitrogens with two attached hydrogens (primary N) is 1. The lowest BCUT2D eigenvalue weighted by Crippen LogP contribution is -2.31. The molecule has 4 nitrogen and oxygen atoms in total. The van der Waals surface area contributed by atoms with Gasteiger partial charge in [-0.25, -0.2) is 4.79 Å². The molecular weight excluding hydrogens is 235 g/mol. The highest BCUT2D eigenvalue weighted by Crippen LogP contribution is 2.16. The molecule has 1 fully saturated rings. The lowest BCUT2D eigenvalue weighted by atomic mass is 10.2. The van der Waals surface area contributed by atoms with Gasteiger partial charge in [-0.05, 0) is 12.8 Å². The number of hydrogen-bond acceptors (Lipinski definition) is 4. The van der Waals surface area contributed by atoms with Crippen LogP contribution >= 0.6 is 11.8 Å². The minimum Gasteiger partial charge on any atom is -0.475 e. The van der Waals surface area contributed by atoms with Gasteiger partial charge in [0.15, 0.2) is 0 Å². The Balaban J connectivity index is 0.000000265. The van der Waals surface area contributed by atoms with Crippen LogP contribution in [0.15, 0.2) is 0 Å². The fraction of sp³-hybridized carbons (Fsp3) is 0.714. The second-order valence-corrected chi connectivity index (χ2v) is 3.82. The molecule has 3 N–H and O–H groups in total. The number of hydrogen-bond donors (Lipinski definition) is 2. The van der Waals surface area contributed by atoms with Crippen molar-refractivity contribution in [1.82, 2.24) is 0 Å². The number of carbonyl (C=O) groups is 2. The number of aliphatic carboxylic acids is 1. The zero-order valence-electron chi connectivity index (χ0n) is 7.58. The molecular formula is C7H10F3NO3S. The maximum Gasteiger partial charge on any atom is 0.490 e. The van der Waals surface area contributed by atoms with Gasteiger partial charge in [0.2, 0.25) is 5.12 Å². The number of carboxylic acid groups (broad SMARTS) is 1. The molecule has 1 aliphatic rings. The fourth-order valence-electron chi connectivity index (χ4n) is 0.701. The molecule has 88 valence electrons. The molecule has 1 rings (SSSR count). The van der Waals surface area contributed by atoms with Gasteiger partial charge in [0.05, 0.1) is 6.04 Å². The first kappa shape index (κ1) is 14.2. The lowest BCUT2D eigenvalue weighted by Gasteiger charge is -2.13. The smallest absolute Gasteiger partial charge is 0.475 e. The van der Waals surface area contributed by atoms with Gasteiger partial charge in [0, 0.05) is 5.75 Å². The summed E-state index contributed by atoms with van der Waals surface area (Å²) in [5, 5.41) is 7.29. The molecule has 0 aromatic carbocycles. The lowest BCUT2D eigenvalue weighted by molar-refractivity contribution is -0.192. The van der Waals surface area contributed by atoms with Gasteiger partial charge in [-0.15, -0.1) is 0 Å². The molecule has 0 aliphatic carbocycles. The van der Waals surface area contributed by atoms with Gasteiger partial charge in [-0.1, -0.05) is 11.8 Å². The number of thioether (sulfide) groups is 1. The van der Waals surface area contributed by atoms with Crippen LogP contribution < -0.4 is 5.73 Å². The van der Waals surface area contributed by atoms with E-state index in [9.17, 15) is 18.0 Å². The maximum atomic E-state index is 10.6. The van der Waals surface area contributed by atoms with Crippen LogP contribution in [-0.2, 0) is 9.59 Å². The monoisotopic (exact) mass is 245 g/mol. The van der Waals surface area contributed by atoms with Gasteiger partial charge >= 0.3 is 12.1 Å². The molecule has 1 unspecified atom stereocenters. The van der Waals surface area contributed by atoms with Crippen LogP contribution in [0.5, 0.6) is 0 Å². The van der Waals surface area contributed by atoms with Crippen LogP contribution in [-0.4, -0.2) is 34.2 Å². The van der Waals surface area contributed by atoms with Crippen molar-refractivity contribution in [3.8, 4) is 0 Å². The highest BCUT2D eigenvalue weighted by Gasteiger charge is 2.38. The predicted molar refractivity (Wildman–Crippen MR) is 48.4 cm³/mol. The van der Waals surface area contributed by atoms with Crippen LogP contribution in [0.3, 0.4) is 0 Å². The second-order valence-electron chi connectivity index (χ2n) is 2.72. The highest BCUT2D eigenvalue weighted by molar-refractivity contribution is 8.13. The third kappa shape index (κ3) is 6.34. The average Bonchev–Trinajstić information content (AvgIpc) is 2.09. The molecule has 0 amide bonds. The second kappa shape index (κ2) is 5.96. The molecule has 1 atom stereocenters. The number of alkyl halides is 3. The normalized spacial score (nSPS) is 21.6. The fourth-order valence-corrected chi connectivity index (χ4v) is 1.55. The van der Waals surface area contributed by atoms with E-state index in [2.05, 4.69) is 0 Å². The quantitative estimate of drug-likeness (QED) is 0.665. The Bertz CT molecular complexity index is 244. The Hall–Kier alpha value is -0.760. The van der Waals surface area contributed by atoms with Gasteiger partial charge in [0.25, 0.3) is 0 Å². The summed E-state index contributed by atoms with van der Waals surface area (Å²) < 4.78 is 31.7.